The van der Waals surface area contributed by atoms with Gasteiger partial charge in [-0.15, -0.1) is 0 Å². The van der Waals surface area contributed by atoms with E-state index in [9.17, 15) is 0 Å². The molecule has 272 valence electrons. The van der Waals surface area contributed by atoms with Crippen LogP contribution in [0.2, 0.25) is 0 Å². The Bertz CT molecular complexity index is 3100. The molecule has 0 saturated heterocycles. The van der Waals surface area contributed by atoms with Crippen molar-refractivity contribution in [2.24, 2.45) is 5.92 Å². The summed E-state index contributed by atoms with van der Waals surface area (Å²) in [5.74, 6) is 0.404. The van der Waals surface area contributed by atoms with Crippen LogP contribution in [0, 0.1) is 5.92 Å². The first-order valence-electron chi connectivity index (χ1n) is 20.2. The summed E-state index contributed by atoms with van der Waals surface area (Å²) in [6.45, 7) is 7.24. The number of fused-ring (bicyclic) bond motifs is 9. The zero-order valence-electron chi connectivity index (χ0n) is 32.6. The van der Waals surface area contributed by atoms with Gasteiger partial charge in [0.05, 0.1) is 0 Å². The monoisotopic (exact) mass is 729 g/mol. The van der Waals surface area contributed by atoms with E-state index in [4.69, 9.17) is 0 Å². The quantitative estimate of drug-likeness (QED) is 0.159. The van der Waals surface area contributed by atoms with E-state index in [1.165, 1.54) is 82.2 Å². The zero-order chi connectivity index (χ0) is 38.3. The van der Waals surface area contributed by atoms with Crippen molar-refractivity contribution < 1.29 is 0 Å². The minimum Gasteiger partial charge on any atom is -0.310 e. The molecular formula is C56H43N. The Morgan fingerprint density at radius 3 is 1.72 bits per heavy atom. The molecule has 0 amide bonds. The molecule has 2 aliphatic carbocycles. The van der Waals surface area contributed by atoms with Gasteiger partial charge in [-0.05, 0) is 130 Å². The summed E-state index contributed by atoms with van der Waals surface area (Å²) >= 11 is 0. The van der Waals surface area contributed by atoms with E-state index in [1.54, 1.807) is 0 Å². The molecule has 2 unspecified atom stereocenters. The molecule has 2 aliphatic rings. The van der Waals surface area contributed by atoms with Gasteiger partial charge in [0.1, 0.15) is 0 Å². The maximum atomic E-state index is 2.47. The number of rotatable bonds is 5. The lowest BCUT2D eigenvalue weighted by atomic mass is 9.67. The van der Waals surface area contributed by atoms with Crippen LogP contribution in [0.4, 0.5) is 17.1 Å². The lowest BCUT2D eigenvalue weighted by Gasteiger charge is -2.36. The maximum absolute atomic E-state index is 2.47. The Hall–Kier alpha value is -6.70. The molecule has 1 nitrogen and oxygen atoms in total. The lowest BCUT2D eigenvalue weighted by molar-refractivity contribution is 0.324. The van der Waals surface area contributed by atoms with Crippen LogP contribution in [-0.2, 0) is 10.8 Å². The largest absolute Gasteiger partial charge is 0.310 e. The number of nitrogens with zero attached hydrogens (tertiary/aromatic N) is 1. The third kappa shape index (κ3) is 5.15. The van der Waals surface area contributed by atoms with Crippen molar-refractivity contribution in [2.45, 2.75) is 31.6 Å². The van der Waals surface area contributed by atoms with Gasteiger partial charge in [-0.3, -0.25) is 0 Å². The van der Waals surface area contributed by atoms with Crippen LogP contribution in [0.25, 0.3) is 65.3 Å². The van der Waals surface area contributed by atoms with Crippen molar-refractivity contribution in [3.63, 3.8) is 0 Å². The first-order valence-corrected chi connectivity index (χ1v) is 20.2. The van der Waals surface area contributed by atoms with Crippen molar-refractivity contribution in [3.05, 3.63) is 211 Å². The molecule has 0 spiro atoms. The van der Waals surface area contributed by atoms with E-state index in [2.05, 4.69) is 226 Å². The van der Waals surface area contributed by atoms with E-state index in [-0.39, 0.29) is 10.8 Å². The summed E-state index contributed by atoms with van der Waals surface area (Å²) < 4.78 is 0. The van der Waals surface area contributed by atoms with Crippen molar-refractivity contribution in [1.82, 2.24) is 0 Å². The van der Waals surface area contributed by atoms with E-state index in [0.717, 1.165) is 11.4 Å². The van der Waals surface area contributed by atoms with Gasteiger partial charge in [0.25, 0.3) is 0 Å². The Kier molecular flexibility index (Phi) is 7.47. The first kappa shape index (κ1) is 33.6. The van der Waals surface area contributed by atoms with Crippen LogP contribution >= 0.6 is 0 Å². The molecular weight excluding hydrogens is 687 g/mol. The number of hydrogen-bond donors (Lipinski definition) is 0. The third-order valence-electron chi connectivity index (χ3n) is 13.2. The number of allylic oxidation sites excluding steroid dienone is 4. The van der Waals surface area contributed by atoms with Gasteiger partial charge >= 0.3 is 0 Å². The fourth-order valence-electron chi connectivity index (χ4n) is 10.4. The van der Waals surface area contributed by atoms with Gasteiger partial charge in [0.15, 0.2) is 0 Å². The van der Waals surface area contributed by atoms with E-state index < -0.39 is 0 Å². The first-order chi connectivity index (χ1) is 27.9. The van der Waals surface area contributed by atoms with Crippen molar-refractivity contribution >= 4 is 60.2 Å². The average Bonchev–Trinajstić information content (AvgIpc) is 3.44. The minimum absolute atomic E-state index is 0.0322. The average molecular weight is 730 g/mol. The van der Waals surface area contributed by atoms with Gasteiger partial charge in [0.2, 0.25) is 0 Å². The second-order valence-electron chi connectivity index (χ2n) is 16.8. The molecule has 0 aliphatic heterocycles. The van der Waals surface area contributed by atoms with Crippen molar-refractivity contribution in [2.75, 3.05) is 4.90 Å². The molecule has 0 aromatic heterocycles. The van der Waals surface area contributed by atoms with E-state index in [1.807, 2.05) is 0 Å². The summed E-state index contributed by atoms with van der Waals surface area (Å²) in [5.41, 5.74) is 11.2. The second kappa shape index (κ2) is 12.7. The SMILES string of the molecule is CC1(C)c2ccc(N(c3ccc(-c4cccc5ccccc45)cc3)c3ccc(-c4cc5c6ccccc6ccc5c5ccccc45)cc3)cc2C2(C)C=CC=CC12. The third-order valence-corrected chi connectivity index (χ3v) is 13.2. The van der Waals surface area contributed by atoms with Gasteiger partial charge in [-0.2, -0.15) is 0 Å². The second-order valence-corrected chi connectivity index (χ2v) is 16.8. The van der Waals surface area contributed by atoms with Crippen molar-refractivity contribution in [3.8, 4) is 22.3 Å². The fourth-order valence-corrected chi connectivity index (χ4v) is 10.4. The number of benzene rings is 9. The smallest absolute Gasteiger partial charge is 0.0464 e. The molecule has 1 heteroatoms. The predicted octanol–water partition coefficient (Wildman–Crippen LogP) is 15.4. The van der Waals surface area contributed by atoms with Crippen LogP contribution < -0.4 is 4.90 Å². The molecule has 0 N–H and O–H groups in total. The Morgan fingerprint density at radius 1 is 0.404 bits per heavy atom. The summed E-state index contributed by atoms with van der Waals surface area (Å²) in [7, 11) is 0. The fraction of sp³-hybridized carbons (Fsp3) is 0.107. The summed E-state index contributed by atoms with van der Waals surface area (Å²) in [5, 5.41) is 10.2. The Balaban J connectivity index is 1.06. The molecule has 2 atom stereocenters. The molecule has 0 heterocycles. The number of anilines is 3. The Labute approximate surface area is 334 Å². The molecule has 9 aromatic carbocycles. The topological polar surface area (TPSA) is 3.24 Å². The van der Waals surface area contributed by atoms with Gasteiger partial charge in [-0.1, -0.05) is 179 Å². The van der Waals surface area contributed by atoms with Gasteiger partial charge < -0.3 is 4.90 Å². The standard InChI is InChI=1S/C56H43N/c1-55(2)52-33-31-43(35-53(52)56(3)34-11-10-21-54(55)56)57(41-27-22-39(23-28-41)45-20-12-15-37-13-4-6-16-44(37)45)42-29-24-40(25-30-42)50-36-51-46-17-7-5-14-38(46)26-32-49(51)47-18-8-9-19-48(47)50/h4-36,54H,1-3H3. The van der Waals surface area contributed by atoms with Gasteiger partial charge in [0, 0.05) is 22.5 Å². The molecule has 0 fully saturated rings. The van der Waals surface area contributed by atoms with E-state index in [0.29, 0.717) is 5.92 Å². The maximum Gasteiger partial charge on any atom is 0.0464 e. The highest BCUT2D eigenvalue weighted by molar-refractivity contribution is 6.21. The van der Waals surface area contributed by atoms with Crippen LogP contribution in [0.1, 0.15) is 31.9 Å². The lowest BCUT2D eigenvalue weighted by Crippen LogP contribution is -2.34. The molecule has 0 saturated carbocycles. The van der Waals surface area contributed by atoms with Crippen LogP contribution in [0.5, 0.6) is 0 Å². The zero-order valence-corrected chi connectivity index (χ0v) is 32.6. The molecule has 0 bridgehead atoms. The van der Waals surface area contributed by atoms with Gasteiger partial charge in [-0.25, -0.2) is 0 Å². The molecule has 57 heavy (non-hydrogen) atoms. The summed E-state index contributed by atoms with van der Waals surface area (Å²) in [6, 6.07) is 65.4. The highest BCUT2D eigenvalue weighted by Crippen LogP contribution is 2.57. The van der Waals surface area contributed by atoms with Crippen LogP contribution in [0.15, 0.2) is 200 Å². The minimum atomic E-state index is -0.0708. The molecule has 11 rings (SSSR count). The van der Waals surface area contributed by atoms with Crippen molar-refractivity contribution in [1.29, 1.82) is 0 Å². The normalized spacial score (nSPS) is 18.0. The molecule has 9 aromatic rings. The van der Waals surface area contributed by atoms with E-state index >= 15 is 0 Å². The summed E-state index contributed by atoms with van der Waals surface area (Å²) in [4.78, 5) is 2.44. The Morgan fingerprint density at radius 2 is 0.982 bits per heavy atom. The van der Waals surface area contributed by atoms with Crippen LogP contribution in [0.3, 0.4) is 0 Å². The summed E-state index contributed by atoms with van der Waals surface area (Å²) in [6.07, 6.45) is 9.30. The van der Waals surface area contributed by atoms with Crippen LogP contribution in [-0.4, -0.2) is 0 Å². The predicted molar refractivity (Wildman–Crippen MR) is 244 cm³/mol. The number of hydrogen-bond acceptors (Lipinski definition) is 1. The highest BCUT2D eigenvalue weighted by Gasteiger charge is 2.51. The highest BCUT2D eigenvalue weighted by atomic mass is 15.1. The molecule has 0 radical (unpaired) electrons.